The molecule has 2 aromatic carbocycles. The highest BCUT2D eigenvalue weighted by atomic mass is 32.2. The lowest BCUT2D eigenvalue weighted by Gasteiger charge is -2.14. The summed E-state index contributed by atoms with van der Waals surface area (Å²) in [7, 11) is 3.40. The van der Waals surface area contributed by atoms with Gasteiger partial charge >= 0.3 is 0 Å². The smallest absolute Gasteiger partial charge is 0.224 e. The van der Waals surface area contributed by atoms with Crippen LogP contribution in [-0.2, 0) is 18.3 Å². The Bertz CT molecular complexity index is 1130. The van der Waals surface area contributed by atoms with Crippen LogP contribution >= 0.6 is 11.8 Å². The highest BCUT2D eigenvalue weighted by Crippen LogP contribution is 2.21. The zero-order chi connectivity index (χ0) is 23.1. The van der Waals surface area contributed by atoms with E-state index in [0.29, 0.717) is 22.1 Å². The number of ketones is 1. The van der Waals surface area contributed by atoms with Gasteiger partial charge in [-0.15, -0.1) is 10.2 Å². The van der Waals surface area contributed by atoms with E-state index in [1.54, 1.807) is 43.0 Å². The Morgan fingerprint density at radius 2 is 1.84 bits per heavy atom. The lowest BCUT2D eigenvalue weighted by molar-refractivity contribution is -0.121. The van der Waals surface area contributed by atoms with Crippen molar-refractivity contribution in [2.75, 3.05) is 12.9 Å². The lowest BCUT2D eigenvalue weighted by Crippen LogP contribution is -2.29. The molecule has 1 amide bonds. The Kier molecular flexibility index (Phi) is 7.63. The molecule has 3 rings (SSSR count). The summed E-state index contributed by atoms with van der Waals surface area (Å²) in [6, 6.07) is 15.5. The summed E-state index contributed by atoms with van der Waals surface area (Å²) in [5.41, 5.74) is 1.93. The molecule has 3 aromatic rings. The average molecular weight is 450 g/mol. The van der Waals surface area contributed by atoms with E-state index >= 15 is 0 Å². The maximum Gasteiger partial charge on any atom is 0.224 e. The van der Waals surface area contributed by atoms with Crippen molar-refractivity contribution in [3.8, 4) is 11.8 Å². The third-order valence-corrected chi connectivity index (χ3v) is 5.85. The number of ether oxygens (including phenoxy) is 1. The molecule has 32 heavy (non-hydrogen) atoms. The van der Waals surface area contributed by atoms with Crippen molar-refractivity contribution < 1.29 is 14.3 Å². The second-order valence-electron chi connectivity index (χ2n) is 7.11. The molecule has 0 aliphatic heterocycles. The van der Waals surface area contributed by atoms with Crippen LogP contribution in [0.4, 0.5) is 0 Å². The standard InChI is InChI=1S/C23H23N5O3S/c1-15(25-21(30)12-16-6-10-19(31-3)11-7-16)22-26-27-23(28(22)2)32-14-20(29)18-8-4-17(13-24)5-9-18/h4-11,15H,12,14H2,1-3H3,(H,25,30)/t15-/m1/s1. The maximum atomic E-state index is 12.4. The van der Waals surface area contributed by atoms with E-state index in [4.69, 9.17) is 10.00 Å². The van der Waals surface area contributed by atoms with E-state index in [0.717, 1.165) is 11.3 Å². The van der Waals surface area contributed by atoms with E-state index in [1.165, 1.54) is 11.8 Å². The number of carbonyl (C=O) groups is 2. The number of carbonyl (C=O) groups excluding carboxylic acids is 2. The van der Waals surface area contributed by atoms with E-state index in [9.17, 15) is 9.59 Å². The zero-order valence-corrected chi connectivity index (χ0v) is 18.8. The number of aromatic nitrogens is 3. The van der Waals surface area contributed by atoms with E-state index in [-0.39, 0.29) is 29.9 Å². The predicted octanol–water partition coefficient (Wildman–Crippen LogP) is 3.09. The summed E-state index contributed by atoms with van der Waals surface area (Å²) < 4.78 is 6.90. The minimum Gasteiger partial charge on any atom is -0.497 e. The molecule has 1 atom stereocenters. The lowest BCUT2D eigenvalue weighted by atomic mass is 10.1. The monoisotopic (exact) mass is 449 g/mol. The number of amides is 1. The van der Waals surface area contributed by atoms with E-state index in [1.807, 2.05) is 37.3 Å². The van der Waals surface area contributed by atoms with Gasteiger partial charge in [0.1, 0.15) is 5.75 Å². The molecular weight excluding hydrogens is 426 g/mol. The quantitative estimate of drug-likeness (QED) is 0.395. The molecule has 9 heteroatoms. The largest absolute Gasteiger partial charge is 0.497 e. The highest BCUT2D eigenvalue weighted by molar-refractivity contribution is 7.99. The first-order valence-corrected chi connectivity index (χ1v) is 10.9. The summed E-state index contributed by atoms with van der Waals surface area (Å²) in [4.78, 5) is 24.8. The van der Waals surface area contributed by atoms with Gasteiger partial charge in [0, 0.05) is 12.6 Å². The molecule has 0 saturated heterocycles. The van der Waals surface area contributed by atoms with Gasteiger partial charge in [0.15, 0.2) is 16.8 Å². The first-order chi connectivity index (χ1) is 15.4. The number of rotatable bonds is 9. The van der Waals surface area contributed by atoms with Crippen molar-refractivity contribution in [1.82, 2.24) is 20.1 Å². The average Bonchev–Trinajstić information content (AvgIpc) is 3.18. The number of nitrogens with zero attached hydrogens (tertiary/aromatic N) is 4. The first kappa shape index (κ1) is 23.0. The van der Waals surface area contributed by atoms with Crippen LogP contribution in [0.25, 0.3) is 0 Å². The third-order valence-electron chi connectivity index (χ3n) is 4.83. The van der Waals surface area contributed by atoms with Crippen LogP contribution in [0.15, 0.2) is 53.7 Å². The molecule has 0 spiro atoms. The summed E-state index contributed by atoms with van der Waals surface area (Å²) in [5, 5.41) is 20.7. The molecular formula is C23H23N5O3S. The van der Waals surface area contributed by atoms with Gasteiger partial charge in [0.25, 0.3) is 0 Å². The van der Waals surface area contributed by atoms with Crippen molar-refractivity contribution in [2.45, 2.75) is 24.5 Å². The number of thioether (sulfide) groups is 1. The molecule has 0 fully saturated rings. The van der Waals surface area contributed by atoms with Gasteiger partial charge in [-0.2, -0.15) is 5.26 Å². The van der Waals surface area contributed by atoms with Crippen LogP contribution in [0.3, 0.4) is 0 Å². The van der Waals surface area contributed by atoms with Gasteiger partial charge in [-0.25, -0.2) is 0 Å². The van der Waals surface area contributed by atoms with Gasteiger partial charge < -0.3 is 14.6 Å². The van der Waals surface area contributed by atoms with Crippen LogP contribution < -0.4 is 10.1 Å². The summed E-state index contributed by atoms with van der Waals surface area (Å²) in [6.45, 7) is 1.84. The molecule has 8 nitrogen and oxygen atoms in total. The van der Waals surface area contributed by atoms with Crippen LogP contribution in [0.5, 0.6) is 5.75 Å². The van der Waals surface area contributed by atoms with Crippen molar-refractivity contribution in [3.63, 3.8) is 0 Å². The third kappa shape index (κ3) is 5.74. The molecule has 1 N–H and O–H groups in total. The first-order valence-electron chi connectivity index (χ1n) is 9.89. The van der Waals surface area contributed by atoms with Crippen molar-refractivity contribution >= 4 is 23.5 Å². The minimum atomic E-state index is -0.346. The van der Waals surface area contributed by atoms with Crippen LogP contribution in [0.2, 0.25) is 0 Å². The fourth-order valence-electron chi connectivity index (χ4n) is 3.06. The number of Topliss-reactive ketones (excluding diaryl/α,β-unsaturated/α-hetero) is 1. The van der Waals surface area contributed by atoms with Gasteiger partial charge in [0.2, 0.25) is 5.91 Å². The van der Waals surface area contributed by atoms with E-state index in [2.05, 4.69) is 15.5 Å². The molecule has 0 aliphatic rings. The minimum absolute atomic E-state index is 0.0649. The zero-order valence-electron chi connectivity index (χ0n) is 18.0. The summed E-state index contributed by atoms with van der Waals surface area (Å²) in [6.07, 6.45) is 0.243. The topological polar surface area (TPSA) is 110 Å². The second kappa shape index (κ2) is 10.6. The van der Waals surface area contributed by atoms with E-state index < -0.39 is 0 Å². The molecule has 1 aromatic heterocycles. The Morgan fingerprint density at radius 3 is 2.47 bits per heavy atom. The molecule has 0 saturated carbocycles. The molecule has 0 aliphatic carbocycles. The van der Waals surface area contributed by atoms with Crippen molar-refractivity contribution in [3.05, 3.63) is 71.0 Å². The highest BCUT2D eigenvalue weighted by Gasteiger charge is 2.19. The normalized spacial score (nSPS) is 11.4. The SMILES string of the molecule is COc1ccc(CC(=O)N[C@H](C)c2nnc(SCC(=O)c3ccc(C#N)cc3)n2C)cc1. The van der Waals surface area contributed by atoms with Gasteiger partial charge in [0.05, 0.1) is 37.0 Å². The number of nitrogens with one attached hydrogen (secondary N) is 1. The summed E-state index contributed by atoms with van der Waals surface area (Å²) >= 11 is 1.27. The van der Waals surface area contributed by atoms with Gasteiger partial charge in [-0.3, -0.25) is 9.59 Å². The van der Waals surface area contributed by atoms with Crippen molar-refractivity contribution in [2.24, 2.45) is 7.05 Å². The maximum absolute atomic E-state index is 12.4. The molecule has 0 bridgehead atoms. The van der Waals surface area contributed by atoms with Crippen molar-refractivity contribution in [1.29, 1.82) is 5.26 Å². The molecule has 1 heterocycles. The van der Waals surface area contributed by atoms with Crippen LogP contribution in [0.1, 0.15) is 40.3 Å². The second-order valence-corrected chi connectivity index (χ2v) is 8.06. The Labute approximate surface area is 190 Å². The van der Waals surface area contributed by atoms with Crippen LogP contribution in [-0.4, -0.2) is 39.3 Å². The van der Waals surface area contributed by atoms with Gasteiger partial charge in [-0.05, 0) is 36.8 Å². The Balaban J connectivity index is 1.56. The Hall–Kier alpha value is -3.64. The number of methoxy groups -OCH3 is 1. The summed E-state index contributed by atoms with van der Waals surface area (Å²) in [5.74, 6) is 1.34. The number of nitriles is 1. The molecule has 164 valence electrons. The fourth-order valence-corrected chi connectivity index (χ4v) is 3.87. The number of benzene rings is 2. The van der Waals surface area contributed by atoms with Gasteiger partial charge in [-0.1, -0.05) is 36.0 Å². The van der Waals surface area contributed by atoms with Crippen LogP contribution in [0, 0.1) is 11.3 Å². The molecule has 0 unspecified atom stereocenters. The Morgan fingerprint density at radius 1 is 1.16 bits per heavy atom. The predicted molar refractivity (Wildman–Crippen MR) is 120 cm³/mol. The number of hydrogen-bond donors (Lipinski definition) is 1. The molecule has 0 radical (unpaired) electrons. The number of hydrogen-bond acceptors (Lipinski definition) is 7. The fraction of sp³-hybridized carbons (Fsp3) is 0.261.